The lowest BCUT2D eigenvalue weighted by Crippen LogP contribution is -2.27. The van der Waals surface area contributed by atoms with E-state index in [4.69, 9.17) is 0 Å². The first kappa shape index (κ1) is 13.5. The normalized spacial score (nSPS) is 17.4. The summed E-state index contributed by atoms with van der Waals surface area (Å²) in [6.45, 7) is 5.57. The van der Waals surface area contributed by atoms with Gasteiger partial charge >= 0.3 is 0 Å². The highest BCUT2D eigenvalue weighted by Gasteiger charge is 2.23. The monoisotopic (exact) mass is 246 g/mol. The van der Waals surface area contributed by atoms with Crippen molar-refractivity contribution in [2.75, 3.05) is 6.54 Å². The molecule has 0 aromatic carbocycles. The first-order valence-corrected chi connectivity index (χ1v) is 7.51. The molecule has 2 rings (SSSR count). The van der Waals surface area contributed by atoms with E-state index in [0.717, 1.165) is 18.9 Å². The van der Waals surface area contributed by atoms with Crippen molar-refractivity contribution in [3.05, 3.63) is 29.6 Å². The fourth-order valence-electron chi connectivity index (χ4n) is 2.77. The van der Waals surface area contributed by atoms with Crippen LogP contribution in [-0.4, -0.2) is 11.5 Å². The van der Waals surface area contributed by atoms with Crippen molar-refractivity contribution in [1.82, 2.24) is 10.3 Å². The number of hydrogen-bond donors (Lipinski definition) is 1. The molecule has 0 radical (unpaired) electrons. The molecule has 1 aromatic heterocycles. The van der Waals surface area contributed by atoms with Crippen LogP contribution in [-0.2, 0) is 6.42 Å². The average Bonchev–Trinajstić information content (AvgIpc) is 2.37. The van der Waals surface area contributed by atoms with Gasteiger partial charge in [0.05, 0.1) is 0 Å². The average molecular weight is 246 g/mol. The van der Waals surface area contributed by atoms with Gasteiger partial charge in [-0.25, -0.2) is 0 Å². The van der Waals surface area contributed by atoms with Gasteiger partial charge in [0, 0.05) is 18.4 Å². The molecule has 1 aliphatic carbocycles. The van der Waals surface area contributed by atoms with Gasteiger partial charge in [0.1, 0.15) is 0 Å². The lowest BCUT2D eigenvalue weighted by Gasteiger charge is -2.31. The van der Waals surface area contributed by atoms with Gasteiger partial charge in [0.2, 0.25) is 0 Å². The summed E-state index contributed by atoms with van der Waals surface area (Å²) in [6, 6.07) is 2.75. The van der Waals surface area contributed by atoms with E-state index < -0.39 is 0 Å². The molecule has 0 aliphatic heterocycles. The second kappa shape index (κ2) is 6.89. The van der Waals surface area contributed by atoms with E-state index in [1.54, 1.807) is 0 Å². The first-order valence-electron chi connectivity index (χ1n) is 7.51. The number of aryl methyl sites for hydroxylation is 1. The van der Waals surface area contributed by atoms with Crippen LogP contribution in [0.3, 0.4) is 0 Å². The van der Waals surface area contributed by atoms with Crippen LogP contribution in [0, 0.1) is 5.92 Å². The number of pyridine rings is 1. The number of aromatic nitrogens is 1. The lowest BCUT2D eigenvalue weighted by atomic mass is 9.79. The maximum Gasteiger partial charge on any atom is 0.0326 e. The van der Waals surface area contributed by atoms with Crippen LogP contribution in [0.1, 0.15) is 63.1 Å². The van der Waals surface area contributed by atoms with Gasteiger partial charge in [-0.05, 0) is 48.9 Å². The van der Waals surface area contributed by atoms with Gasteiger partial charge in [-0.3, -0.25) is 4.98 Å². The van der Waals surface area contributed by atoms with E-state index in [9.17, 15) is 0 Å². The molecular formula is C16H26N2. The smallest absolute Gasteiger partial charge is 0.0326 e. The summed E-state index contributed by atoms with van der Waals surface area (Å²) in [4.78, 5) is 4.26. The molecule has 2 nitrogen and oxygen atoms in total. The molecule has 1 heterocycles. The highest BCUT2D eigenvalue weighted by molar-refractivity contribution is 5.27. The van der Waals surface area contributed by atoms with Crippen LogP contribution in [0.5, 0.6) is 0 Å². The zero-order valence-electron chi connectivity index (χ0n) is 11.8. The topological polar surface area (TPSA) is 24.9 Å². The third-order valence-corrected chi connectivity index (χ3v) is 4.13. The second-order valence-electron chi connectivity index (χ2n) is 5.47. The standard InChI is InChI=1S/C16H26N2/c1-3-9-18-16(11-13-6-5-7-13)15-8-10-17-12-14(15)4-2/h8,10,12-13,16,18H,3-7,9,11H2,1-2H3. The minimum absolute atomic E-state index is 0.535. The van der Waals surface area contributed by atoms with E-state index in [0.29, 0.717) is 6.04 Å². The molecule has 1 fully saturated rings. The molecule has 1 unspecified atom stereocenters. The predicted molar refractivity (Wildman–Crippen MR) is 76.6 cm³/mol. The number of rotatable bonds is 7. The molecule has 0 spiro atoms. The second-order valence-corrected chi connectivity index (χ2v) is 5.47. The maximum absolute atomic E-state index is 4.26. The molecule has 0 bridgehead atoms. The Morgan fingerprint density at radius 2 is 2.22 bits per heavy atom. The van der Waals surface area contributed by atoms with Gasteiger partial charge in [-0.15, -0.1) is 0 Å². The summed E-state index contributed by atoms with van der Waals surface area (Å²) in [5.41, 5.74) is 2.89. The van der Waals surface area contributed by atoms with Crippen LogP contribution in [0.4, 0.5) is 0 Å². The van der Waals surface area contributed by atoms with Crippen LogP contribution in [0.2, 0.25) is 0 Å². The van der Waals surface area contributed by atoms with Crippen molar-refractivity contribution < 1.29 is 0 Å². The molecular weight excluding hydrogens is 220 g/mol. The SMILES string of the molecule is CCCNC(CC1CCC1)c1ccncc1CC. The minimum Gasteiger partial charge on any atom is -0.310 e. The summed E-state index contributed by atoms with van der Waals surface area (Å²) in [5.74, 6) is 0.942. The molecule has 0 amide bonds. The summed E-state index contributed by atoms with van der Waals surface area (Å²) in [5, 5.41) is 3.73. The van der Waals surface area contributed by atoms with Gasteiger partial charge in [-0.2, -0.15) is 0 Å². The maximum atomic E-state index is 4.26. The fourth-order valence-corrected chi connectivity index (χ4v) is 2.77. The number of nitrogens with one attached hydrogen (secondary N) is 1. The highest BCUT2D eigenvalue weighted by Crippen LogP contribution is 2.35. The quantitative estimate of drug-likeness (QED) is 0.790. The van der Waals surface area contributed by atoms with E-state index in [1.165, 1.54) is 43.2 Å². The summed E-state index contributed by atoms with van der Waals surface area (Å²) in [7, 11) is 0. The first-order chi connectivity index (χ1) is 8.85. The molecule has 1 aliphatic rings. The Bertz CT molecular complexity index is 358. The van der Waals surface area contributed by atoms with Gasteiger partial charge in [0.25, 0.3) is 0 Å². The van der Waals surface area contributed by atoms with Crippen LogP contribution < -0.4 is 5.32 Å². The molecule has 2 heteroatoms. The Hall–Kier alpha value is -0.890. The van der Waals surface area contributed by atoms with Crippen molar-refractivity contribution >= 4 is 0 Å². The molecule has 100 valence electrons. The Kier molecular flexibility index (Phi) is 5.18. The molecule has 18 heavy (non-hydrogen) atoms. The Labute approximate surface area is 111 Å². The van der Waals surface area contributed by atoms with Crippen LogP contribution in [0.15, 0.2) is 18.5 Å². The predicted octanol–water partition coefficient (Wildman–Crippen LogP) is 3.87. The van der Waals surface area contributed by atoms with E-state index >= 15 is 0 Å². The van der Waals surface area contributed by atoms with Crippen molar-refractivity contribution in [3.8, 4) is 0 Å². The molecule has 1 saturated carbocycles. The van der Waals surface area contributed by atoms with Crippen molar-refractivity contribution in [2.24, 2.45) is 5.92 Å². The van der Waals surface area contributed by atoms with Gasteiger partial charge in [-0.1, -0.05) is 33.1 Å². The van der Waals surface area contributed by atoms with E-state index in [-0.39, 0.29) is 0 Å². The molecule has 1 atom stereocenters. The Morgan fingerprint density at radius 3 is 2.83 bits per heavy atom. The van der Waals surface area contributed by atoms with Crippen molar-refractivity contribution in [1.29, 1.82) is 0 Å². The zero-order valence-corrected chi connectivity index (χ0v) is 11.8. The van der Waals surface area contributed by atoms with Crippen molar-refractivity contribution in [2.45, 2.75) is 58.4 Å². The Balaban J connectivity index is 2.09. The van der Waals surface area contributed by atoms with Crippen molar-refractivity contribution in [3.63, 3.8) is 0 Å². The number of hydrogen-bond acceptors (Lipinski definition) is 2. The lowest BCUT2D eigenvalue weighted by molar-refractivity contribution is 0.260. The third-order valence-electron chi connectivity index (χ3n) is 4.13. The zero-order chi connectivity index (χ0) is 12.8. The van der Waals surface area contributed by atoms with Crippen LogP contribution in [0.25, 0.3) is 0 Å². The molecule has 1 aromatic rings. The van der Waals surface area contributed by atoms with Crippen LogP contribution >= 0.6 is 0 Å². The summed E-state index contributed by atoms with van der Waals surface area (Å²) >= 11 is 0. The summed E-state index contributed by atoms with van der Waals surface area (Å²) < 4.78 is 0. The highest BCUT2D eigenvalue weighted by atomic mass is 14.9. The van der Waals surface area contributed by atoms with Gasteiger partial charge in [0.15, 0.2) is 0 Å². The summed E-state index contributed by atoms with van der Waals surface area (Å²) in [6.07, 6.45) is 11.9. The number of nitrogens with zero attached hydrogens (tertiary/aromatic N) is 1. The Morgan fingerprint density at radius 1 is 1.39 bits per heavy atom. The fraction of sp³-hybridized carbons (Fsp3) is 0.688. The minimum atomic E-state index is 0.535. The van der Waals surface area contributed by atoms with E-state index in [1.807, 2.05) is 12.4 Å². The third kappa shape index (κ3) is 3.32. The largest absolute Gasteiger partial charge is 0.310 e. The molecule has 0 saturated heterocycles. The van der Waals surface area contributed by atoms with E-state index in [2.05, 4.69) is 30.2 Å². The van der Waals surface area contributed by atoms with Gasteiger partial charge < -0.3 is 5.32 Å². The molecule has 1 N–H and O–H groups in total.